The highest BCUT2D eigenvalue weighted by atomic mass is 16.5. The van der Waals surface area contributed by atoms with E-state index in [-0.39, 0.29) is 11.5 Å². The number of hydrogen-bond donors (Lipinski definition) is 3. The van der Waals surface area contributed by atoms with Gasteiger partial charge in [0.15, 0.2) is 11.5 Å². The molecule has 0 radical (unpaired) electrons. The molecule has 0 bridgehead atoms. The lowest BCUT2D eigenvalue weighted by molar-refractivity contribution is -0.138. The molecule has 0 spiro atoms. The Balaban J connectivity index is 3.37. The van der Waals surface area contributed by atoms with E-state index in [1.54, 1.807) is 13.0 Å². The number of aliphatic carboxylic acids is 1. The maximum atomic E-state index is 10.8. The second-order valence-electron chi connectivity index (χ2n) is 3.16. The fourth-order valence-electron chi connectivity index (χ4n) is 1.41. The second kappa shape index (κ2) is 4.18. The van der Waals surface area contributed by atoms with Gasteiger partial charge in [0.25, 0.3) is 0 Å². The van der Waals surface area contributed by atoms with Crippen LogP contribution in [0.1, 0.15) is 17.2 Å². The highest BCUT2D eigenvalue weighted by Gasteiger charge is 2.23. The molecule has 0 aliphatic rings. The normalized spacial score (nSPS) is 12.2. The predicted octanol–water partition coefficient (Wildman–Crippen LogP) is 0.794. The molecule has 1 unspecified atom stereocenters. The molecule has 5 heteroatoms. The number of methoxy groups -OCH3 is 1. The summed E-state index contributed by atoms with van der Waals surface area (Å²) in [5.41, 5.74) is 6.46. The molecular formula is C10H13NO4. The SMILES string of the molecule is COc1c(O)ccc(C)c1C(N)C(=O)O. The van der Waals surface area contributed by atoms with Gasteiger partial charge in [-0.15, -0.1) is 0 Å². The molecule has 1 atom stereocenters. The zero-order valence-corrected chi connectivity index (χ0v) is 8.52. The number of aryl methyl sites for hydroxylation is 1. The average molecular weight is 211 g/mol. The van der Waals surface area contributed by atoms with Crippen LogP contribution in [0.15, 0.2) is 12.1 Å². The Bertz CT molecular complexity index is 389. The third-order valence-electron chi connectivity index (χ3n) is 2.17. The van der Waals surface area contributed by atoms with E-state index in [0.29, 0.717) is 11.1 Å². The first-order valence-corrected chi connectivity index (χ1v) is 4.34. The number of carboxylic acid groups (broad SMARTS) is 1. The molecule has 0 aromatic heterocycles. The van der Waals surface area contributed by atoms with Crippen molar-refractivity contribution in [2.75, 3.05) is 7.11 Å². The predicted molar refractivity (Wildman–Crippen MR) is 54.0 cm³/mol. The summed E-state index contributed by atoms with van der Waals surface area (Å²) >= 11 is 0. The molecule has 15 heavy (non-hydrogen) atoms. The lowest BCUT2D eigenvalue weighted by Gasteiger charge is -2.15. The number of benzene rings is 1. The van der Waals surface area contributed by atoms with Crippen molar-refractivity contribution in [1.82, 2.24) is 0 Å². The van der Waals surface area contributed by atoms with E-state index in [9.17, 15) is 9.90 Å². The molecule has 0 aliphatic heterocycles. The van der Waals surface area contributed by atoms with Crippen LogP contribution < -0.4 is 10.5 Å². The smallest absolute Gasteiger partial charge is 0.325 e. The van der Waals surface area contributed by atoms with E-state index < -0.39 is 12.0 Å². The average Bonchev–Trinajstić information content (AvgIpc) is 2.19. The Morgan fingerprint density at radius 1 is 1.53 bits per heavy atom. The number of phenols is 1. The van der Waals surface area contributed by atoms with Crippen LogP contribution in [0.25, 0.3) is 0 Å². The topological polar surface area (TPSA) is 92.8 Å². The highest BCUT2D eigenvalue weighted by molar-refractivity contribution is 5.77. The summed E-state index contributed by atoms with van der Waals surface area (Å²) in [6.07, 6.45) is 0. The first-order valence-electron chi connectivity index (χ1n) is 4.34. The van der Waals surface area contributed by atoms with Gasteiger partial charge in [-0.1, -0.05) is 6.07 Å². The van der Waals surface area contributed by atoms with Crippen LogP contribution in [-0.2, 0) is 4.79 Å². The van der Waals surface area contributed by atoms with Gasteiger partial charge in [-0.25, -0.2) is 0 Å². The Kier molecular flexibility index (Phi) is 3.16. The Labute approximate surface area is 87.1 Å². The molecule has 4 N–H and O–H groups in total. The maximum absolute atomic E-state index is 10.8. The third-order valence-corrected chi connectivity index (χ3v) is 2.17. The first-order chi connectivity index (χ1) is 6.99. The van der Waals surface area contributed by atoms with Gasteiger partial charge in [0, 0.05) is 5.56 Å². The van der Waals surface area contributed by atoms with Gasteiger partial charge in [-0.3, -0.25) is 4.79 Å². The summed E-state index contributed by atoms with van der Waals surface area (Å²) in [7, 11) is 1.35. The number of aromatic hydroxyl groups is 1. The summed E-state index contributed by atoms with van der Waals surface area (Å²) < 4.78 is 4.93. The monoisotopic (exact) mass is 211 g/mol. The molecule has 0 heterocycles. The van der Waals surface area contributed by atoms with Crippen LogP contribution in [0.4, 0.5) is 0 Å². The summed E-state index contributed by atoms with van der Waals surface area (Å²) in [5.74, 6) is -1.17. The van der Waals surface area contributed by atoms with E-state index in [2.05, 4.69) is 0 Å². The molecule has 0 aliphatic carbocycles. The largest absolute Gasteiger partial charge is 0.504 e. The lowest BCUT2D eigenvalue weighted by atomic mass is 10.00. The fourth-order valence-corrected chi connectivity index (χ4v) is 1.41. The zero-order chi connectivity index (χ0) is 11.6. The molecule has 0 amide bonds. The summed E-state index contributed by atoms with van der Waals surface area (Å²) in [5, 5.41) is 18.3. The van der Waals surface area contributed by atoms with Crippen molar-refractivity contribution in [3.05, 3.63) is 23.3 Å². The minimum Gasteiger partial charge on any atom is -0.504 e. The molecule has 1 rings (SSSR count). The van der Waals surface area contributed by atoms with Crippen molar-refractivity contribution in [2.24, 2.45) is 5.73 Å². The molecule has 1 aromatic rings. The first kappa shape index (κ1) is 11.3. The van der Waals surface area contributed by atoms with Gasteiger partial charge < -0.3 is 20.7 Å². The number of carbonyl (C=O) groups is 1. The van der Waals surface area contributed by atoms with E-state index in [1.807, 2.05) is 0 Å². The van der Waals surface area contributed by atoms with Gasteiger partial charge in [0.05, 0.1) is 7.11 Å². The van der Waals surface area contributed by atoms with Gasteiger partial charge in [0.2, 0.25) is 0 Å². The number of phenolic OH excluding ortho intramolecular Hbond substituents is 1. The maximum Gasteiger partial charge on any atom is 0.325 e. The van der Waals surface area contributed by atoms with Crippen molar-refractivity contribution in [1.29, 1.82) is 0 Å². The Hall–Kier alpha value is -1.75. The number of carboxylic acids is 1. The van der Waals surface area contributed by atoms with Gasteiger partial charge in [-0.2, -0.15) is 0 Å². The highest BCUT2D eigenvalue weighted by Crippen LogP contribution is 2.35. The summed E-state index contributed by atoms with van der Waals surface area (Å²) in [6, 6.07) is 1.83. The second-order valence-corrected chi connectivity index (χ2v) is 3.16. The van der Waals surface area contributed by atoms with Crippen molar-refractivity contribution < 1.29 is 19.7 Å². The van der Waals surface area contributed by atoms with E-state index in [4.69, 9.17) is 15.6 Å². The van der Waals surface area contributed by atoms with Crippen molar-refractivity contribution in [3.63, 3.8) is 0 Å². The van der Waals surface area contributed by atoms with Gasteiger partial charge in [-0.05, 0) is 18.6 Å². The number of ether oxygens (including phenoxy) is 1. The summed E-state index contributed by atoms with van der Waals surface area (Å²) in [6.45, 7) is 1.71. The van der Waals surface area contributed by atoms with Crippen LogP contribution >= 0.6 is 0 Å². The standard InChI is InChI=1S/C10H13NO4/c1-5-3-4-6(12)9(15-2)7(5)8(11)10(13)14/h3-4,8,12H,11H2,1-2H3,(H,13,14). The molecular weight excluding hydrogens is 198 g/mol. The van der Waals surface area contributed by atoms with Crippen molar-refractivity contribution in [3.8, 4) is 11.5 Å². The molecule has 82 valence electrons. The summed E-state index contributed by atoms with van der Waals surface area (Å²) in [4.78, 5) is 10.8. The fraction of sp³-hybridized carbons (Fsp3) is 0.300. The molecule has 0 saturated heterocycles. The van der Waals surface area contributed by atoms with E-state index in [1.165, 1.54) is 13.2 Å². The zero-order valence-electron chi connectivity index (χ0n) is 8.52. The molecule has 0 fully saturated rings. The number of nitrogens with two attached hydrogens (primary N) is 1. The van der Waals surface area contributed by atoms with Crippen LogP contribution in [0, 0.1) is 6.92 Å². The van der Waals surface area contributed by atoms with Crippen molar-refractivity contribution in [2.45, 2.75) is 13.0 Å². The van der Waals surface area contributed by atoms with Crippen LogP contribution in [0.3, 0.4) is 0 Å². The van der Waals surface area contributed by atoms with Gasteiger partial charge >= 0.3 is 5.97 Å². The Morgan fingerprint density at radius 2 is 2.13 bits per heavy atom. The van der Waals surface area contributed by atoms with Crippen molar-refractivity contribution >= 4 is 5.97 Å². The van der Waals surface area contributed by atoms with Crippen LogP contribution in [-0.4, -0.2) is 23.3 Å². The molecule has 0 saturated carbocycles. The minimum absolute atomic E-state index is 0.116. The minimum atomic E-state index is -1.20. The Morgan fingerprint density at radius 3 is 2.60 bits per heavy atom. The van der Waals surface area contributed by atoms with Crippen LogP contribution in [0.5, 0.6) is 11.5 Å². The number of rotatable bonds is 3. The molecule has 1 aromatic carbocycles. The van der Waals surface area contributed by atoms with Gasteiger partial charge in [0.1, 0.15) is 6.04 Å². The molecule has 5 nitrogen and oxygen atoms in total. The van der Waals surface area contributed by atoms with E-state index in [0.717, 1.165) is 0 Å². The van der Waals surface area contributed by atoms with E-state index >= 15 is 0 Å². The quantitative estimate of drug-likeness (QED) is 0.687. The number of hydrogen-bond acceptors (Lipinski definition) is 4. The van der Waals surface area contributed by atoms with Crippen LogP contribution in [0.2, 0.25) is 0 Å². The lowest BCUT2D eigenvalue weighted by Crippen LogP contribution is -2.22. The third kappa shape index (κ3) is 2.02.